The van der Waals surface area contributed by atoms with Crippen molar-refractivity contribution < 1.29 is 0 Å². The summed E-state index contributed by atoms with van der Waals surface area (Å²) in [7, 11) is 0. The maximum absolute atomic E-state index is 6.13. The Hall–Kier alpha value is -2.35. The van der Waals surface area contributed by atoms with Gasteiger partial charge in [0.1, 0.15) is 5.82 Å². The minimum Gasteiger partial charge on any atom is -0.383 e. The van der Waals surface area contributed by atoms with Gasteiger partial charge in [-0.15, -0.1) is 0 Å². The van der Waals surface area contributed by atoms with Crippen molar-refractivity contribution in [2.45, 2.75) is 13.3 Å². The van der Waals surface area contributed by atoms with E-state index in [1.165, 1.54) is 5.56 Å². The molecule has 3 rings (SSSR count). The first kappa shape index (κ1) is 11.7. The van der Waals surface area contributed by atoms with Crippen molar-refractivity contribution in [3.63, 3.8) is 0 Å². The monoisotopic (exact) mass is 248 g/mol. The van der Waals surface area contributed by atoms with Crippen LogP contribution in [-0.2, 0) is 6.42 Å². The van der Waals surface area contributed by atoms with Crippen molar-refractivity contribution in [3.05, 3.63) is 60.2 Å². The van der Waals surface area contributed by atoms with Crippen LogP contribution < -0.4 is 5.73 Å². The van der Waals surface area contributed by atoms with Crippen LogP contribution in [0, 0.1) is 0 Å². The molecule has 3 aromatic rings. The van der Waals surface area contributed by atoms with E-state index in [1.54, 1.807) is 0 Å². The number of nitrogens with two attached hydrogens (primary N) is 1. The molecular formula is C17H16N2. The van der Waals surface area contributed by atoms with Crippen molar-refractivity contribution in [2.75, 3.05) is 5.73 Å². The van der Waals surface area contributed by atoms with E-state index in [2.05, 4.69) is 48.3 Å². The molecule has 1 aromatic heterocycles. The van der Waals surface area contributed by atoms with Crippen LogP contribution in [0.2, 0.25) is 0 Å². The number of nitrogens with zero attached hydrogens (tertiary/aromatic N) is 1. The van der Waals surface area contributed by atoms with Gasteiger partial charge in [0.15, 0.2) is 0 Å². The van der Waals surface area contributed by atoms with Crippen LogP contribution in [0.25, 0.3) is 22.0 Å². The molecule has 94 valence electrons. The lowest BCUT2D eigenvalue weighted by atomic mass is 10.0. The lowest BCUT2D eigenvalue weighted by Crippen LogP contribution is -1.97. The van der Waals surface area contributed by atoms with E-state index in [9.17, 15) is 0 Å². The third-order valence-electron chi connectivity index (χ3n) is 3.42. The van der Waals surface area contributed by atoms with E-state index < -0.39 is 0 Å². The number of pyridine rings is 1. The van der Waals surface area contributed by atoms with Crippen LogP contribution in [0.4, 0.5) is 5.82 Å². The SMILES string of the molecule is CCc1cccc2cc(-c3ccccc3)c(N)nc12. The molecule has 0 fully saturated rings. The quantitative estimate of drug-likeness (QED) is 0.743. The first-order valence-corrected chi connectivity index (χ1v) is 6.53. The fourth-order valence-corrected chi connectivity index (χ4v) is 2.41. The molecule has 0 saturated heterocycles. The molecule has 2 N–H and O–H groups in total. The van der Waals surface area contributed by atoms with E-state index in [4.69, 9.17) is 5.73 Å². The van der Waals surface area contributed by atoms with Crippen LogP contribution in [0.1, 0.15) is 12.5 Å². The number of rotatable bonds is 2. The number of hydrogen-bond acceptors (Lipinski definition) is 2. The molecule has 0 atom stereocenters. The van der Waals surface area contributed by atoms with E-state index >= 15 is 0 Å². The van der Waals surface area contributed by atoms with Crippen molar-refractivity contribution in [1.82, 2.24) is 4.98 Å². The Bertz CT molecular complexity index is 718. The summed E-state index contributed by atoms with van der Waals surface area (Å²) in [5, 5.41) is 1.15. The van der Waals surface area contributed by atoms with Gasteiger partial charge in [-0.3, -0.25) is 0 Å². The number of hydrogen-bond donors (Lipinski definition) is 1. The second kappa shape index (κ2) is 4.73. The van der Waals surface area contributed by atoms with Gasteiger partial charge < -0.3 is 5.73 Å². The molecule has 0 unspecified atom stereocenters. The summed E-state index contributed by atoms with van der Waals surface area (Å²) in [5.74, 6) is 0.597. The van der Waals surface area contributed by atoms with Crippen LogP contribution in [0.3, 0.4) is 0 Å². The number of anilines is 1. The molecule has 0 aliphatic heterocycles. The molecular weight excluding hydrogens is 232 g/mol. The van der Waals surface area contributed by atoms with Crippen LogP contribution in [0.5, 0.6) is 0 Å². The summed E-state index contributed by atoms with van der Waals surface area (Å²) >= 11 is 0. The number of para-hydroxylation sites is 1. The van der Waals surface area contributed by atoms with Crippen molar-refractivity contribution in [3.8, 4) is 11.1 Å². The van der Waals surface area contributed by atoms with E-state index in [-0.39, 0.29) is 0 Å². The smallest absolute Gasteiger partial charge is 0.132 e. The fraction of sp³-hybridized carbons (Fsp3) is 0.118. The third-order valence-corrected chi connectivity index (χ3v) is 3.42. The highest BCUT2D eigenvalue weighted by Crippen LogP contribution is 2.29. The predicted octanol–water partition coefficient (Wildman–Crippen LogP) is 4.05. The zero-order valence-corrected chi connectivity index (χ0v) is 10.9. The Morgan fingerprint density at radius 1 is 1.00 bits per heavy atom. The summed E-state index contributed by atoms with van der Waals surface area (Å²) < 4.78 is 0. The lowest BCUT2D eigenvalue weighted by Gasteiger charge is -2.09. The molecule has 2 nitrogen and oxygen atoms in total. The summed E-state index contributed by atoms with van der Waals surface area (Å²) in [6.45, 7) is 2.14. The normalized spacial score (nSPS) is 10.8. The molecule has 19 heavy (non-hydrogen) atoms. The Balaban J connectivity index is 2.26. The molecule has 2 heteroatoms. The van der Waals surface area contributed by atoms with Gasteiger partial charge in [0.2, 0.25) is 0 Å². The van der Waals surface area contributed by atoms with Gasteiger partial charge in [0.25, 0.3) is 0 Å². The Morgan fingerprint density at radius 3 is 2.53 bits per heavy atom. The highest BCUT2D eigenvalue weighted by atomic mass is 14.8. The van der Waals surface area contributed by atoms with Gasteiger partial charge in [-0.25, -0.2) is 4.98 Å². The number of aromatic nitrogens is 1. The number of fused-ring (bicyclic) bond motifs is 1. The van der Waals surface area contributed by atoms with Crippen molar-refractivity contribution in [1.29, 1.82) is 0 Å². The van der Waals surface area contributed by atoms with Gasteiger partial charge >= 0.3 is 0 Å². The van der Waals surface area contributed by atoms with Gasteiger partial charge in [-0.05, 0) is 23.6 Å². The van der Waals surface area contributed by atoms with Crippen molar-refractivity contribution >= 4 is 16.7 Å². The number of aryl methyl sites for hydroxylation is 1. The molecule has 0 amide bonds. The minimum absolute atomic E-state index is 0.597. The molecule has 0 bridgehead atoms. The third kappa shape index (κ3) is 2.06. The Labute approximate surface area is 112 Å². The van der Waals surface area contributed by atoms with Gasteiger partial charge in [0.05, 0.1) is 5.52 Å². The van der Waals surface area contributed by atoms with Crippen LogP contribution in [-0.4, -0.2) is 4.98 Å². The van der Waals surface area contributed by atoms with Gasteiger partial charge in [-0.2, -0.15) is 0 Å². The van der Waals surface area contributed by atoms with Crippen LogP contribution >= 0.6 is 0 Å². The summed E-state index contributed by atoms with van der Waals surface area (Å²) in [6, 6.07) is 18.6. The molecule has 0 saturated carbocycles. The minimum atomic E-state index is 0.597. The molecule has 2 aromatic carbocycles. The summed E-state index contributed by atoms with van der Waals surface area (Å²) in [6.07, 6.45) is 0.967. The van der Waals surface area contributed by atoms with E-state index in [0.717, 1.165) is 28.5 Å². The van der Waals surface area contributed by atoms with Gasteiger partial charge in [-0.1, -0.05) is 55.5 Å². The topological polar surface area (TPSA) is 38.9 Å². The lowest BCUT2D eigenvalue weighted by molar-refractivity contribution is 1.15. The Morgan fingerprint density at radius 2 is 1.79 bits per heavy atom. The first-order valence-electron chi connectivity index (χ1n) is 6.53. The van der Waals surface area contributed by atoms with Crippen molar-refractivity contribution in [2.24, 2.45) is 0 Å². The molecule has 0 radical (unpaired) electrons. The molecule has 0 spiro atoms. The first-order chi connectivity index (χ1) is 9.29. The van der Waals surface area contributed by atoms with E-state index in [0.29, 0.717) is 5.82 Å². The second-order valence-electron chi connectivity index (χ2n) is 4.63. The standard InChI is InChI=1S/C17H16N2/c1-2-12-9-6-10-14-11-15(17(18)19-16(12)14)13-7-4-3-5-8-13/h3-11H,2H2,1H3,(H2,18,19). The molecule has 0 aliphatic carbocycles. The highest BCUT2D eigenvalue weighted by molar-refractivity contribution is 5.90. The molecule has 0 aliphatic rings. The zero-order valence-electron chi connectivity index (χ0n) is 10.9. The predicted molar refractivity (Wildman–Crippen MR) is 81.0 cm³/mol. The Kier molecular flexibility index (Phi) is 2.92. The average molecular weight is 248 g/mol. The maximum Gasteiger partial charge on any atom is 0.132 e. The average Bonchev–Trinajstić information content (AvgIpc) is 2.47. The zero-order chi connectivity index (χ0) is 13.2. The van der Waals surface area contributed by atoms with Crippen LogP contribution in [0.15, 0.2) is 54.6 Å². The maximum atomic E-state index is 6.13. The summed E-state index contributed by atoms with van der Waals surface area (Å²) in [5.41, 5.74) is 10.5. The summed E-state index contributed by atoms with van der Waals surface area (Å²) in [4.78, 5) is 4.60. The fourth-order valence-electron chi connectivity index (χ4n) is 2.41. The highest BCUT2D eigenvalue weighted by Gasteiger charge is 2.08. The number of benzene rings is 2. The number of nitrogen functional groups attached to an aromatic ring is 1. The largest absolute Gasteiger partial charge is 0.383 e. The second-order valence-corrected chi connectivity index (χ2v) is 4.63. The van der Waals surface area contributed by atoms with E-state index in [1.807, 2.05) is 18.2 Å². The van der Waals surface area contributed by atoms with Gasteiger partial charge in [0, 0.05) is 10.9 Å². The molecule has 1 heterocycles.